The Bertz CT molecular complexity index is 790. The lowest BCUT2D eigenvalue weighted by atomic mass is 10.1. The second-order valence-corrected chi connectivity index (χ2v) is 5.89. The summed E-state index contributed by atoms with van der Waals surface area (Å²) in [6.45, 7) is 2.67. The summed E-state index contributed by atoms with van der Waals surface area (Å²) in [5.41, 5.74) is 1.60. The minimum absolute atomic E-state index is 0.214. The van der Waals surface area contributed by atoms with Gasteiger partial charge < -0.3 is 23.4 Å². The highest BCUT2D eigenvalue weighted by molar-refractivity contribution is 6.11. The van der Waals surface area contributed by atoms with Crippen LogP contribution in [0.3, 0.4) is 0 Å². The molecule has 0 aliphatic carbocycles. The van der Waals surface area contributed by atoms with Crippen molar-refractivity contribution in [1.29, 1.82) is 0 Å². The molecule has 5 nitrogen and oxygen atoms in total. The first-order valence-corrected chi connectivity index (χ1v) is 7.81. The molecule has 2 aromatic carbocycles. The lowest BCUT2D eigenvalue weighted by molar-refractivity contribution is 0.264. The third kappa shape index (κ3) is 2.52. The van der Waals surface area contributed by atoms with Crippen molar-refractivity contribution in [2.45, 2.75) is 12.2 Å². The molecule has 2 aliphatic rings. The average Bonchev–Trinajstić information content (AvgIpc) is 3.48. The van der Waals surface area contributed by atoms with Crippen LogP contribution in [-0.2, 0) is 9.47 Å². The van der Waals surface area contributed by atoms with Gasteiger partial charge in [0.25, 0.3) is 0 Å². The van der Waals surface area contributed by atoms with E-state index in [0.717, 1.165) is 46.7 Å². The van der Waals surface area contributed by atoms with E-state index in [1.807, 2.05) is 36.4 Å². The second kappa shape index (κ2) is 5.15. The molecule has 3 aromatic rings. The molecule has 2 saturated heterocycles. The van der Waals surface area contributed by atoms with Crippen LogP contribution >= 0.6 is 0 Å². The smallest absolute Gasteiger partial charge is 0.139 e. The lowest BCUT2D eigenvalue weighted by Crippen LogP contribution is -2.05. The average molecular weight is 312 g/mol. The van der Waals surface area contributed by atoms with Crippen molar-refractivity contribution < 1.29 is 23.4 Å². The zero-order valence-electron chi connectivity index (χ0n) is 12.5. The van der Waals surface area contributed by atoms with Crippen molar-refractivity contribution in [3.05, 3.63) is 36.4 Å². The first-order chi connectivity index (χ1) is 11.4. The van der Waals surface area contributed by atoms with Crippen LogP contribution in [0.2, 0.25) is 0 Å². The van der Waals surface area contributed by atoms with Gasteiger partial charge in [-0.3, -0.25) is 0 Å². The molecule has 3 heterocycles. The summed E-state index contributed by atoms with van der Waals surface area (Å²) in [4.78, 5) is 0. The topological polar surface area (TPSA) is 56.7 Å². The molecule has 2 fully saturated rings. The molecule has 1 aromatic heterocycles. The van der Waals surface area contributed by atoms with Crippen LogP contribution in [0, 0.1) is 0 Å². The van der Waals surface area contributed by atoms with E-state index in [2.05, 4.69) is 0 Å². The third-order valence-electron chi connectivity index (χ3n) is 4.10. The Kier molecular flexibility index (Phi) is 2.96. The van der Waals surface area contributed by atoms with E-state index in [-0.39, 0.29) is 12.2 Å². The minimum atomic E-state index is 0.214. The molecular weight excluding hydrogens is 296 g/mol. The molecule has 118 valence electrons. The predicted molar refractivity (Wildman–Crippen MR) is 84.2 cm³/mol. The Hall–Kier alpha value is -2.24. The van der Waals surface area contributed by atoms with E-state index in [0.29, 0.717) is 13.2 Å². The van der Waals surface area contributed by atoms with E-state index < -0.39 is 0 Å². The van der Waals surface area contributed by atoms with E-state index >= 15 is 0 Å². The normalized spacial score (nSPS) is 22.4. The highest BCUT2D eigenvalue weighted by Crippen LogP contribution is 2.40. The largest absolute Gasteiger partial charge is 0.490 e. The van der Waals surface area contributed by atoms with Crippen LogP contribution in [-0.4, -0.2) is 38.6 Å². The maximum Gasteiger partial charge on any atom is 0.139 e. The van der Waals surface area contributed by atoms with Gasteiger partial charge in [-0.1, -0.05) is 12.1 Å². The van der Waals surface area contributed by atoms with Gasteiger partial charge in [0.1, 0.15) is 48.1 Å². The van der Waals surface area contributed by atoms with Crippen LogP contribution in [0.5, 0.6) is 11.5 Å². The Morgan fingerprint density at radius 3 is 1.70 bits per heavy atom. The minimum Gasteiger partial charge on any atom is -0.490 e. The van der Waals surface area contributed by atoms with Crippen molar-refractivity contribution in [1.82, 2.24) is 0 Å². The van der Waals surface area contributed by atoms with Gasteiger partial charge in [-0.15, -0.1) is 0 Å². The van der Waals surface area contributed by atoms with Crippen LogP contribution in [0.4, 0.5) is 0 Å². The highest BCUT2D eigenvalue weighted by atomic mass is 16.6. The number of fused-ring (bicyclic) bond motifs is 3. The van der Waals surface area contributed by atoms with Gasteiger partial charge in [-0.2, -0.15) is 0 Å². The van der Waals surface area contributed by atoms with Crippen molar-refractivity contribution in [3.63, 3.8) is 0 Å². The predicted octanol–water partition coefficient (Wildman–Crippen LogP) is 3.14. The summed E-state index contributed by atoms with van der Waals surface area (Å²) in [5, 5.41) is 1.91. The Morgan fingerprint density at radius 2 is 1.26 bits per heavy atom. The number of hydrogen-bond acceptors (Lipinski definition) is 5. The van der Waals surface area contributed by atoms with Crippen LogP contribution in [0.1, 0.15) is 0 Å². The molecule has 2 aliphatic heterocycles. The first kappa shape index (κ1) is 13.2. The molecule has 0 radical (unpaired) electrons. The fraction of sp³-hybridized carbons (Fsp3) is 0.333. The molecule has 5 rings (SSSR count). The number of furan rings is 1. The number of epoxide rings is 2. The van der Waals surface area contributed by atoms with Crippen LogP contribution in [0.25, 0.3) is 21.9 Å². The van der Waals surface area contributed by atoms with Gasteiger partial charge in [0.2, 0.25) is 0 Å². The molecule has 0 bridgehead atoms. The van der Waals surface area contributed by atoms with Gasteiger partial charge in [0.05, 0.1) is 24.0 Å². The zero-order valence-corrected chi connectivity index (χ0v) is 12.5. The van der Waals surface area contributed by atoms with Crippen molar-refractivity contribution in [2.24, 2.45) is 0 Å². The third-order valence-corrected chi connectivity index (χ3v) is 4.10. The first-order valence-electron chi connectivity index (χ1n) is 7.81. The molecular formula is C18H16O5. The number of rotatable bonds is 6. The second-order valence-electron chi connectivity index (χ2n) is 5.89. The molecule has 2 atom stereocenters. The number of ether oxygens (including phenoxy) is 4. The molecule has 5 heteroatoms. The zero-order chi connectivity index (χ0) is 15.2. The van der Waals surface area contributed by atoms with E-state index in [1.54, 1.807) is 0 Å². The quantitative estimate of drug-likeness (QED) is 0.654. The monoisotopic (exact) mass is 312 g/mol. The molecule has 2 unspecified atom stereocenters. The summed E-state index contributed by atoms with van der Waals surface area (Å²) < 4.78 is 28.3. The van der Waals surface area contributed by atoms with Crippen molar-refractivity contribution >= 4 is 21.9 Å². The van der Waals surface area contributed by atoms with Gasteiger partial charge in [-0.05, 0) is 24.3 Å². The molecule has 0 N–H and O–H groups in total. The fourth-order valence-electron chi connectivity index (χ4n) is 2.74. The fourth-order valence-corrected chi connectivity index (χ4v) is 2.74. The summed E-state index contributed by atoms with van der Waals surface area (Å²) in [5.74, 6) is 1.60. The van der Waals surface area contributed by atoms with Crippen molar-refractivity contribution in [3.8, 4) is 11.5 Å². The maximum absolute atomic E-state index is 5.96. The summed E-state index contributed by atoms with van der Waals surface area (Å²) in [6.07, 6.45) is 0.428. The van der Waals surface area contributed by atoms with Crippen LogP contribution in [0.15, 0.2) is 40.8 Å². The summed E-state index contributed by atoms with van der Waals surface area (Å²) in [7, 11) is 0. The summed E-state index contributed by atoms with van der Waals surface area (Å²) in [6, 6.07) is 11.7. The molecule has 23 heavy (non-hydrogen) atoms. The van der Waals surface area contributed by atoms with Gasteiger partial charge in [0.15, 0.2) is 0 Å². The number of benzene rings is 2. The van der Waals surface area contributed by atoms with Crippen LogP contribution < -0.4 is 9.47 Å². The molecule has 0 spiro atoms. The lowest BCUT2D eigenvalue weighted by Gasteiger charge is -2.08. The number of hydrogen-bond donors (Lipinski definition) is 0. The Labute approximate surface area is 132 Å². The molecule has 0 amide bonds. The van der Waals surface area contributed by atoms with Crippen molar-refractivity contribution in [2.75, 3.05) is 26.4 Å². The molecule has 0 saturated carbocycles. The van der Waals surface area contributed by atoms with E-state index in [1.165, 1.54) is 0 Å². The Morgan fingerprint density at radius 1 is 0.783 bits per heavy atom. The van der Waals surface area contributed by atoms with E-state index in [4.69, 9.17) is 23.4 Å². The van der Waals surface area contributed by atoms with E-state index in [9.17, 15) is 0 Å². The SMILES string of the molecule is c1cc(OCC2CO2)c2c(c1)oc1cccc(OCC3CO3)c12. The maximum atomic E-state index is 5.96. The van der Waals surface area contributed by atoms with Gasteiger partial charge >= 0.3 is 0 Å². The summed E-state index contributed by atoms with van der Waals surface area (Å²) >= 11 is 0. The Balaban J connectivity index is 1.60. The van der Waals surface area contributed by atoms with Gasteiger partial charge in [-0.25, -0.2) is 0 Å². The highest BCUT2D eigenvalue weighted by Gasteiger charge is 2.26. The standard InChI is InChI=1S/C18H16O5/c1-3-13(21-9-11-7-19-11)17-15(5-1)23-16-6-2-4-14(18(16)17)22-10-12-8-20-12/h1-6,11-12H,7-10H2. The van der Waals surface area contributed by atoms with Gasteiger partial charge in [0, 0.05) is 0 Å².